The molecular formula is C20H26N4O8. The molecule has 0 aliphatic rings. The molecule has 12 nitrogen and oxygen atoms in total. The Labute approximate surface area is 184 Å². The summed E-state index contributed by atoms with van der Waals surface area (Å²) in [4.78, 5) is 33.7. The first-order valence-electron chi connectivity index (χ1n) is 9.64. The van der Waals surface area contributed by atoms with Gasteiger partial charge in [0, 0.05) is 24.6 Å². The molecule has 0 aliphatic heterocycles. The second-order valence-electron chi connectivity index (χ2n) is 7.56. The number of rotatable bonds is 8. The summed E-state index contributed by atoms with van der Waals surface area (Å²) in [5.74, 6) is 0.924. The average Bonchev–Trinajstić information content (AvgIpc) is 3.16. The van der Waals surface area contributed by atoms with Gasteiger partial charge in [0.1, 0.15) is 17.0 Å². The van der Waals surface area contributed by atoms with Crippen molar-refractivity contribution in [2.75, 3.05) is 13.2 Å². The lowest BCUT2D eigenvalue weighted by atomic mass is 10.1. The Balaban J connectivity index is 1.84. The lowest BCUT2D eigenvalue weighted by Crippen LogP contribution is -2.48. The number of nitrogens with two attached hydrogens (primary N) is 1. The predicted molar refractivity (Wildman–Crippen MR) is 111 cm³/mol. The molecule has 0 spiro atoms. The molecule has 3 amide bonds. The van der Waals surface area contributed by atoms with Gasteiger partial charge >= 0.3 is 18.3 Å². The van der Waals surface area contributed by atoms with Crippen LogP contribution < -0.4 is 15.9 Å². The van der Waals surface area contributed by atoms with Crippen molar-refractivity contribution in [3.05, 3.63) is 36.1 Å². The summed E-state index contributed by atoms with van der Waals surface area (Å²) in [6.07, 6.45) is -2.72. The van der Waals surface area contributed by atoms with Crippen LogP contribution in [0.2, 0.25) is 0 Å². The van der Waals surface area contributed by atoms with E-state index in [-0.39, 0.29) is 19.8 Å². The number of hydrogen-bond acceptors (Lipinski definition) is 8. The second-order valence-corrected chi connectivity index (χ2v) is 7.56. The summed E-state index contributed by atoms with van der Waals surface area (Å²) in [6.45, 7) is 5.25. The molecule has 0 fully saturated rings. The zero-order valence-electron chi connectivity index (χ0n) is 18.0. The minimum atomic E-state index is -1.37. The molecule has 12 heteroatoms. The minimum absolute atomic E-state index is 0.0639. The first kappa shape index (κ1) is 24.3. The summed E-state index contributed by atoms with van der Waals surface area (Å²) < 4.78 is 20.5. The maximum atomic E-state index is 12.1. The van der Waals surface area contributed by atoms with Crippen LogP contribution in [0, 0.1) is 0 Å². The van der Waals surface area contributed by atoms with Crippen LogP contribution in [-0.2, 0) is 16.1 Å². The van der Waals surface area contributed by atoms with Crippen molar-refractivity contribution >= 4 is 18.3 Å². The molecule has 4 N–H and O–H groups in total. The van der Waals surface area contributed by atoms with Gasteiger partial charge in [-0.05, 0) is 45.0 Å². The topological polar surface area (TPSA) is 166 Å². The van der Waals surface area contributed by atoms with Gasteiger partial charge < -0.3 is 29.6 Å². The van der Waals surface area contributed by atoms with Gasteiger partial charge in [-0.15, -0.1) is 0 Å². The fourth-order valence-electron chi connectivity index (χ4n) is 2.42. The number of hydrogen-bond donors (Lipinski definition) is 3. The van der Waals surface area contributed by atoms with Gasteiger partial charge in [-0.25, -0.2) is 24.8 Å². The number of carboxylic acid groups (broad SMARTS) is 1. The SMILES string of the molecule is CC(C)(C)OC(=O)N(CCCOc1ccc(-c2cc(COC(N)=O)on2)cc1)NC(=O)O. The Hall–Kier alpha value is -3.96. The van der Waals surface area contributed by atoms with E-state index in [0.717, 1.165) is 10.6 Å². The average molecular weight is 450 g/mol. The van der Waals surface area contributed by atoms with Gasteiger partial charge in [0.25, 0.3) is 0 Å². The van der Waals surface area contributed by atoms with Gasteiger partial charge in [0.2, 0.25) is 0 Å². The molecule has 174 valence electrons. The molecule has 0 aliphatic carbocycles. The van der Waals surface area contributed by atoms with Crippen LogP contribution in [0.4, 0.5) is 14.4 Å². The third-order valence-corrected chi connectivity index (χ3v) is 3.70. The Bertz CT molecular complexity index is 920. The molecule has 1 heterocycles. The zero-order chi connectivity index (χ0) is 23.7. The third kappa shape index (κ3) is 8.42. The smallest absolute Gasteiger partial charge is 0.429 e. The van der Waals surface area contributed by atoms with E-state index in [2.05, 4.69) is 9.89 Å². The van der Waals surface area contributed by atoms with Crippen LogP contribution in [0.5, 0.6) is 5.75 Å². The molecule has 2 rings (SSSR count). The van der Waals surface area contributed by atoms with Crippen molar-refractivity contribution in [2.24, 2.45) is 5.73 Å². The van der Waals surface area contributed by atoms with Crippen LogP contribution in [0.15, 0.2) is 34.9 Å². The Kier molecular flexibility index (Phi) is 8.27. The molecule has 0 radical (unpaired) electrons. The number of aromatic nitrogens is 1. The number of benzene rings is 1. The molecule has 1 aromatic heterocycles. The quantitative estimate of drug-likeness (QED) is 0.404. The normalized spacial score (nSPS) is 10.8. The Morgan fingerprint density at radius 2 is 1.91 bits per heavy atom. The molecule has 32 heavy (non-hydrogen) atoms. The number of carbonyl (C=O) groups excluding carboxylic acids is 2. The lowest BCUT2D eigenvalue weighted by molar-refractivity contribution is 0.0133. The molecule has 0 saturated carbocycles. The summed E-state index contributed by atoms with van der Waals surface area (Å²) in [5, 5.41) is 13.7. The highest BCUT2D eigenvalue weighted by molar-refractivity contribution is 5.73. The fraction of sp³-hybridized carbons (Fsp3) is 0.400. The summed E-state index contributed by atoms with van der Waals surface area (Å²) in [6, 6.07) is 8.62. The minimum Gasteiger partial charge on any atom is -0.494 e. The van der Waals surface area contributed by atoms with Crippen LogP contribution in [-0.4, -0.2) is 52.3 Å². The second kappa shape index (κ2) is 10.9. The van der Waals surface area contributed by atoms with E-state index in [1.165, 1.54) is 0 Å². The first-order valence-corrected chi connectivity index (χ1v) is 9.64. The summed E-state index contributed by atoms with van der Waals surface area (Å²) in [7, 11) is 0. The molecule has 0 saturated heterocycles. The van der Waals surface area contributed by atoms with E-state index >= 15 is 0 Å². The van der Waals surface area contributed by atoms with Crippen molar-refractivity contribution in [2.45, 2.75) is 39.4 Å². The first-order chi connectivity index (χ1) is 15.0. The van der Waals surface area contributed by atoms with Crippen molar-refractivity contribution in [1.29, 1.82) is 0 Å². The van der Waals surface area contributed by atoms with Gasteiger partial charge in [-0.2, -0.15) is 0 Å². The summed E-state index contributed by atoms with van der Waals surface area (Å²) in [5.41, 5.74) is 7.47. The number of ether oxygens (including phenoxy) is 3. The Morgan fingerprint density at radius 1 is 1.22 bits per heavy atom. The zero-order valence-corrected chi connectivity index (χ0v) is 18.0. The van der Waals surface area contributed by atoms with Crippen LogP contribution in [0.3, 0.4) is 0 Å². The van der Waals surface area contributed by atoms with E-state index in [0.29, 0.717) is 23.6 Å². The van der Waals surface area contributed by atoms with Crippen LogP contribution in [0.25, 0.3) is 11.3 Å². The number of primary amides is 1. The fourth-order valence-corrected chi connectivity index (χ4v) is 2.42. The van der Waals surface area contributed by atoms with Gasteiger partial charge in [0.05, 0.1) is 6.61 Å². The highest BCUT2D eigenvalue weighted by Crippen LogP contribution is 2.22. The van der Waals surface area contributed by atoms with E-state index in [9.17, 15) is 14.4 Å². The lowest BCUT2D eigenvalue weighted by Gasteiger charge is -2.26. The maximum absolute atomic E-state index is 12.1. The standard InChI is InChI=1S/C20H26N4O8/c1-20(2,3)31-19(28)24(22-18(26)27)9-4-10-29-14-7-5-13(6-8-14)16-11-15(32-23-16)12-30-17(21)25/h5-8,11,22H,4,9-10,12H2,1-3H3,(H2,21,25)(H,26,27). The monoisotopic (exact) mass is 450 g/mol. The van der Waals surface area contributed by atoms with Gasteiger partial charge in [-0.3, -0.25) is 0 Å². The molecule has 0 unspecified atom stereocenters. The number of nitrogens with one attached hydrogen (secondary N) is 1. The van der Waals surface area contributed by atoms with Crippen LogP contribution in [0.1, 0.15) is 33.0 Å². The highest BCUT2D eigenvalue weighted by Gasteiger charge is 2.23. The van der Waals surface area contributed by atoms with Crippen molar-refractivity contribution in [3.8, 4) is 17.0 Å². The predicted octanol–water partition coefficient (Wildman–Crippen LogP) is 3.13. The number of carbonyl (C=O) groups is 3. The molecule has 2 aromatic rings. The number of nitrogens with zero attached hydrogens (tertiary/aromatic N) is 2. The molecule has 0 atom stereocenters. The number of amides is 3. The third-order valence-electron chi connectivity index (χ3n) is 3.70. The van der Waals surface area contributed by atoms with Crippen LogP contribution >= 0.6 is 0 Å². The molecule has 0 bridgehead atoms. The maximum Gasteiger partial charge on any atom is 0.429 e. The largest absolute Gasteiger partial charge is 0.494 e. The Morgan fingerprint density at radius 3 is 2.50 bits per heavy atom. The van der Waals surface area contributed by atoms with E-state index in [1.807, 2.05) is 5.43 Å². The van der Waals surface area contributed by atoms with Gasteiger partial charge in [0.15, 0.2) is 12.4 Å². The number of hydrazine groups is 1. The van der Waals surface area contributed by atoms with Crippen molar-refractivity contribution in [1.82, 2.24) is 15.6 Å². The van der Waals surface area contributed by atoms with Gasteiger partial charge in [-0.1, -0.05) is 5.16 Å². The molecular weight excluding hydrogens is 424 g/mol. The van der Waals surface area contributed by atoms with E-state index in [1.54, 1.807) is 51.1 Å². The highest BCUT2D eigenvalue weighted by atomic mass is 16.6. The van der Waals surface area contributed by atoms with E-state index in [4.69, 9.17) is 24.8 Å². The van der Waals surface area contributed by atoms with Crippen molar-refractivity contribution in [3.63, 3.8) is 0 Å². The molecule has 1 aromatic carbocycles. The summed E-state index contributed by atoms with van der Waals surface area (Å²) >= 11 is 0. The van der Waals surface area contributed by atoms with Crippen molar-refractivity contribution < 1.29 is 38.2 Å². The van der Waals surface area contributed by atoms with E-state index < -0.39 is 23.9 Å².